The van der Waals surface area contributed by atoms with E-state index < -0.39 is 0 Å². The number of hydrogen-bond acceptors (Lipinski definition) is 0. The van der Waals surface area contributed by atoms with Gasteiger partial charge in [-0.3, -0.25) is 0 Å². The van der Waals surface area contributed by atoms with Crippen molar-refractivity contribution in [1.29, 1.82) is 0 Å². The topological polar surface area (TPSA) is 0 Å². The summed E-state index contributed by atoms with van der Waals surface area (Å²) in [5, 5.41) is 0. The van der Waals surface area contributed by atoms with Gasteiger partial charge < -0.3 is 0 Å². The molecule has 0 heterocycles. The van der Waals surface area contributed by atoms with Crippen LogP contribution in [0, 0.1) is 6.92 Å². The van der Waals surface area contributed by atoms with Gasteiger partial charge in [-0.05, 0) is 29.4 Å². The van der Waals surface area contributed by atoms with E-state index >= 15 is 0 Å². The van der Waals surface area contributed by atoms with Crippen LogP contribution in [0.2, 0.25) is 0 Å². The van der Waals surface area contributed by atoms with Crippen molar-refractivity contribution >= 4 is 0 Å². The Morgan fingerprint density at radius 2 is 1.39 bits per heavy atom. The van der Waals surface area contributed by atoms with Gasteiger partial charge in [-0.1, -0.05) is 84.1 Å². The second-order valence-electron chi connectivity index (χ2n) is 6.32. The first-order valence-electron chi connectivity index (χ1n) is 7.42. The van der Waals surface area contributed by atoms with E-state index in [1.165, 1.54) is 49.7 Å². The molecule has 0 unspecified atom stereocenters. The molecule has 0 aliphatic rings. The van der Waals surface area contributed by atoms with Gasteiger partial charge in [0, 0.05) is 0 Å². The zero-order valence-electron chi connectivity index (χ0n) is 12.5. The SMILES string of the molecule is [CH2]CCCCCCCc1ccc(C(C)(C)C)cc1. The molecule has 0 N–H and O–H groups in total. The van der Waals surface area contributed by atoms with Crippen molar-refractivity contribution in [1.82, 2.24) is 0 Å². The summed E-state index contributed by atoms with van der Waals surface area (Å²) in [4.78, 5) is 0. The third-order valence-corrected chi connectivity index (χ3v) is 3.54. The lowest BCUT2D eigenvalue weighted by Gasteiger charge is -2.19. The Bertz CT molecular complexity index is 313. The molecule has 0 aromatic heterocycles. The van der Waals surface area contributed by atoms with Crippen molar-refractivity contribution in [3.8, 4) is 0 Å². The maximum atomic E-state index is 3.88. The molecular weight excluding hydrogens is 216 g/mol. The Balaban J connectivity index is 2.27. The Labute approximate surface area is 114 Å². The van der Waals surface area contributed by atoms with E-state index in [0.29, 0.717) is 0 Å². The van der Waals surface area contributed by atoms with Crippen molar-refractivity contribution in [2.75, 3.05) is 0 Å². The fourth-order valence-corrected chi connectivity index (χ4v) is 2.21. The minimum absolute atomic E-state index is 0.271. The minimum Gasteiger partial charge on any atom is -0.0588 e. The zero-order chi connectivity index (χ0) is 13.4. The summed E-state index contributed by atoms with van der Waals surface area (Å²) in [5.41, 5.74) is 3.19. The van der Waals surface area contributed by atoms with Crippen LogP contribution in [0.4, 0.5) is 0 Å². The Morgan fingerprint density at radius 3 is 1.94 bits per heavy atom. The smallest absolute Gasteiger partial charge is 0.0132 e. The molecule has 0 bridgehead atoms. The van der Waals surface area contributed by atoms with Crippen LogP contribution in [0.25, 0.3) is 0 Å². The first kappa shape index (κ1) is 15.3. The Morgan fingerprint density at radius 1 is 0.833 bits per heavy atom. The van der Waals surface area contributed by atoms with Gasteiger partial charge in [0.15, 0.2) is 0 Å². The number of hydrogen-bond donors (Lipinski definition) is 0. The average molecular weight is 245 g/mol. The average Bonchev–Trinajstić information content (AvgIpc) is 2.33. The molecule has 0 nitrogen and oxygen atoms in total. The van der Waals surface area contributed by atoms with E-state index in [2.05, 4.69) is 52.0 Å². The van der Waals surface area contributed by atoms with Crippen LogP contribution in [0.15, 0.2) is 24.3 Å². The fraction of sp³-hybridized carbons (Fsp3) is 0.611. The van der Waals surface area contributed by atoms with Crippen molar-refractivity contribution in [2.24, 2.45) is 0 Å². The van der Waals surface area contributed by atoms with Crippen LogP contribution in [-0.2, 0) is 11.8 Å². The molecule has 1 rings (SSSR count). The zero-order valence-corrected chi connectivity index (χ0v) is 12.5. The summed E-state index contributed by atoms with van der Waals surface area (Å²) < 4.78 is 0. The van der Waals surface area contributed by atoms with E-state index in [-0.39, 0.29) is 5.41 Å². The molecule has 18 heavy (non-hydrogen) atoms. The van der Waals surface area contributed by atoms with Crippen LogP contribution in [0.3, 0.4) is 0 Å². The molecular formula is C18H29. The molecule has 0 heteroatoms. The quantitative estimate of drug-likeness (QED) is 0.540. The van der Waals surface area contributed by atoms with Crippen molar-refractivity contribution in [3.63, 3.8) is 0 Å². The molecule has 0 aliphatic heterocycles. The van der Waals surface area contributed by atoms with Crippen LogP contribution < -0.4 is 0 Å². The van der Waals surface area contributed by atoms with Gasteiger partial charge in [0.05, 0.1) is 0 Å². The molecule has 101 valence electrons. The molecule has 0 saturated carbocycles. The minimum atomic E-state index is 0.271. The number of unbranched alkanes of at least 4 members (excludes halogenated alkanes) is 5. The normalized spacial score (nSPS) is 11.8. The molecule has 0 amide bonds. The highest BCUT2D eigenvalue weighted by Crippen LogP contribution is 2.22. The van der Waals surface area contributed by atoms with Gasteiger partial charge in [0.25, 0.3) is 0 Å². The van der Waals surface area contributed by atoms with E-state index in [1.807, 2.05) is 0 Å². The highest BCUT2D eigenvalue weighted by Gasteiger charge is 2.12. The maximum Gasteiger partial charge on any atom is -0.0132 e. The summed E-state index contributed by atoms with van der Waals surface area (Å²) in [6.45, 7) is 10.7. The third kappa shape index (κ3) is 5.71. The van der Waals surface area contributed by atoms with Crippen molar-refractivity contribution in [3.05, 3.63) is 42.3 Å². The Hall–Kier alpha value is -0.780. The third-order valence-electron chi connectivity index (χ3n) is 3.54. The van der Waals surface area contributed by atoms with Gasteiger partial charge in [0.2, 0.25) is 0 Å². The molecule has 0 atom stereocenters. The molecule has 1 aromatic rings. The fourth-order valence-electron chi connectivity index (χ4n) is 2.21. The van der Waals surface area contributed by atoms with Crippen molar-refractivity contribution < 1.29 is 0 Å². The molecule has 0 aliphatic carbocycles. The lowest BCUT2D eigenvalue weighted by atomic mass is 9.86. The summed E-state index contributed by atoms with van der Waals surface area (Å²) in [6.07, 6.45) is 9.03. The number of benzene rings is 1. The molecule has 0 saturated heterocycles. The van der Waals surface area contributed by atoms with E-state index in [1.54, 1.807) is 0 Å². The largest absolute Gasteiger partial charge is 0.0588 e. The van der Waals surface area contributed by atoms with Crippen LogP contribution in [-0.4, -0.2) is 0 Å². The van der Waals surface area contributed by atoms with Crippen LogP contribution in [0.1, 0.15) is 70.4 Å². The summed E-state index contributed by atoms with van der Waals surface area (Å²) in [6, 6.07) is 9.18. The van der Waals surface area contributed by atoms with Crippen LogP contribution in [0.5, 0.6) is 0 Å². The highest BCUT2D eigenvalue weighted by atomic mass is 14.2. The predicted molar refractivity (Wildman–Crippen MR) is 81.9 cm³/mol. The lowest BCUT2D eigenvalue weighted by molar-refractivity contribution is 0.589. The molecule has 1 aromatic carbocycles. The standard InChI is InChI=1S/C18H29/c1-5-6-7-8-9-10-11-16-12-14-17(15-13-16)18(2,3)4/h12-15H,1,5-11H2,2-4H3. The van der Waals surface area contributed by atoms with Gasteiger partial charge in [-0.25, -0.2) is 0 Å². The monoisotopic (exact) mass is 245 g/mol. The number of rotatable bonds is 7. The van der Waals surface area contributed by atoms with E-state index in [9.17, 15) is 0 Å². The summed E-state index contributed by atoms with van der Waals surface area (Å²) in [5.74, 6) is 0. The summed E-state index contributed by atoms with van der Waals surface area (Å²) in [7, 11) is 0. The lowest BCUT2D eigenvalue weighted by Crippen LogP contribution is -2.10. The maximum absolute atomic E-state index is 3.88. The Kier molecular flexibility index (Phi) is 6.46. The van der Waals surface area contributed by atoms with Crippen molar-refractivity contribution in [2.45, 2.75) is 71.1 Å². The van der Waals surface area contributed by atoms with Gasteiger partial charge in [-0.15, -0.1) is 0 Å². The second-order valence-corrected chi connectivity index (χ2v) is 6.32. The predicted octanol–water partition coefficient (Wildman–Crippen LogP) is 5.70. The first-order chi connectivity index (χ1) is 8.54. The van der Waals surface area contributed by atoms with E-state index in [0.717, 1.165) is 6.42 Å². The molecule has 1 radical (unpaired) electrons. The van der Waals surface area contributed by atoms with Crippen LogP contribution >= 0.6 is 0 Å². The first-order valence-corrected chi connectivity index (χ1v) is 7.42. The summed E-state index contributed by atoms with van der Waals surface area (Å²) >= 11 is 0. The molecule has 0 fully saturated rings. The highest BCUT2D eigenvalue weighted by molar-refractivity contribution is 5.27. The number of aryl methyl sites for hydroxylation is 1. The van der Waals surface area contributed by atoms with Gasteiger partial charge >= 0.3 is 0 Å². The molecule has 0 spiro atoms. The van der Waals surface area contributed by atoms with Gasteiger partial charge in [0.1, 0.15) is 0 Å². The van der Waals surface area contributed by atoms with E-state index in [4.69, 9.17) is 0 Å². The second kappa shape index (κ2) is 7.61. The van der Waals surface area contributed by atoms with Gasteiger partial charge in [-0.2, -0.15) is 0 Å².